The van der Waals surface area contributed by atoms with Gasteiger partial charge in [0.2, 0.25) is 0 Å². The predicted molar refractivity (Wildman–Crippen MR) is 94.9 cm³/mol. The third-order valence-corrected chi connectivity index (χ3v) is 4.16. The maximum absolute atomic E-state index is 14.3. The number of phenols is 1. The van der Waals surface area contributed by atoms with E-state index in [1.807, 2.05) is 41.5 Å². The summed E-state index contributed by atoms with van der Waals surface area (Å²) in [5.41, 5.74) is 0.530. The van der Waals surface area contributed by atoms with Crippen LogP contribution in [0.2, 0.25) is 0 Å². The van der Waals surface area contributed by atoms with E-state index in [9.17, 15) is 18.7 Å². The third kappa shape index (κ3) is 4.35. The van der Waals surface area contributed by atoms with Crippen molar-refractivity contribution < 1.29 is 23.4 Å². The monoisotopic (exact) mass is 377 g/mol. The molecule has 0 unspecified atom stereocenters. The smallest absolute Gasteiger partial charge is 0.408 e. The number of ether oxygens (including phenoxy) is 1. The molecule has 1 heterocycles. The number of phenolic OH excluding ortho intramolecular Hbond substituents is 1. The Labute approximate surface area is 153 Å². The van der Waals surface area contributed by atoms with Gasteiger partial charge in [0.05, 0.1) is 0 Å². The summed E-state index contributed by atoms with van der Waals surface area (Å²) in [7, 11) is 0. The Balaban J connectivity index is 0.00000312. The largest absolute Gasteiger partial charge is 0.507 e. The molecule has 1 aromatic rings. The number of cyclic esters (lactones) is 1. The molecule has 2 N–H and O–H groups in total. The van der Waals surface area contributed by atoms with Crippen molar-refractivity contribution in [3.05, 3.63) is 28.8 Å². The first-order chi connectivity index (χ1) is 10.7. The van der Waals surface area contributed by atoms with Gasteiger partial charge in [0, 0.05) is 0 Å². The van der Waals surface area contributed by atoms with Crippen LogP contribution in [0.1, 0.15) is 64.3 Å². The van der Waals surface area contributed by atoms with Crippen LogP contribution in [-0.4, -0.2) is 23.7 Å². The predicted octanol–water partition coefficient (Wildman–Crippen LogP) is 4.83. The number of rotatable bonds is 1. The lowest BCUT2D eigenvalue weighted by molar-refractivity contribution is -0.104. The van der Waals surface area contributed by atoms with E-state index in [2.05, 4.69) is 10.1 Å². The summed E-state index contributed by atoms with van der Waals surface area (Å²) < 4.78 is 33.0. The van der Waals surface area contributed by atoms with Crippen LogP contribution in [0.5, 0.6) is 5.75 Å². The summed E-state index contributed by atoms with van der Waals surface area (Å²) in [4.78, 5) is 11.4. The Bertz CT molecular complexity index is 628. The normalized spacial score (nSPS) is 20.3. The summed E-state index contributed by atoms with van der Waals surface area (Å²) in [6.07, 6.45) is -0.867. The zero-order valence-corrected chi connectivity index (χ0v) is 16.2. The second kappa shape index (κ2) is 6.63. The van der Waals surface area contributed by atoms with Gasteiger partial charge in [-0.15, -0.1) is 12.4 Å². The molecule has 1 fully saturated rings. The summed E-state index contributed by atoms with van der Waals surface area (Å²) in [5.74, 6) is -3.12. The number of nitrogens with one attached hydrogen (secondary N) is 1. The average Bonchev–Trinajstić information content (AvgIpc) is 2.39. The molecule has 1 aromatic carbocycles. The molecule has 1 saturated heterocycles. The van der Waals surface area contributed by atoms with Crippen molar-refractivity contribution >= 4 is 18.5 Å². The summed E-state index contributed by atoms with van der Waals surface area (Å²) in [6, 6.07) is 1.62. The minimum absolute atomic E-state index is 0. The molecule has 25 heavy (non-hydrogen) atoms. The molecule has 0 spiro atoms. The zero-order valence-electron chi connectivity index (χ0n) is 15.4. The average molecular weight is 378 g/mol. The van der Waals surface area contributed by atoms with Crippen LogP contribution in [0, 0.1) is 0 Å². The van der Waals surface area contributed by atoms with E-state index < -0.39 is 35.5 Å². The maximum atomic E-state index is 14.3. The Hall–Kier alpha value is -1.56. The Kier molecular flexibility index (Phi) is 5.70. The number of hydrogen-bond donors (Lipinski definition) is 2. The van der Waals surface area contributed by atoms with Crippen LogP contribution in [0.15, 0.2) is 12.1 Å². The van der Waals surface area contributed by atoms with Crippen molar-refractivity contribution in [3.63, 3.8) is 0 Å². The van der Waals surface area contributed by atoms with E-state index in [0.717, 1.165) is 0 Å². The first-order valence-corrected chi connectivity index (χ1v) is 7.92. The standard InChI is InChI=1S/C18H25F2NO3.ClH/c1-16(2,3)11-7-10(8-12(13(11)22)17(4,5)6)14-18(19,20)9-24-15(23)21-14;/h7-8,14,22H,9H2,1-6H3,(H,21,23);1H/t14-;/m0./s1. The molecule has 0 aromatic heterocycles. The topological polar surface area (TPSA) is 58.6 Å². The van der Waals surface area contributed by atoms with Gasteiger partial charge in [-0.3, -0.25) is 0 Å². The Morgan fingerprint density at radius 2 is 1.56 bits per heavy atom. The van der Waals surface area contributed by atoms with Crippen molar-refractivity contribution in [1.29, 1.82) is 0 Å². The fraction of sp³-hybridized carbons (Fsp3) is 0.611. The minimum atomic E-state index is -3.23. The van der Waals surface area contributed by atoms with E-state index in [1.54, 1.807) is 12.1 Å². The van der Waals surface area contributed by atoms with Crippen LogP contribution in [0.4, 0.5) is 13.6 Å². The van der Waals surface area contributed by atoms with Crippen molar-refractivity contribution in [2.24, 2.45) is 0 Å². The van der Waals surface area contributed by atoms with E-state index >= 15 is 0 Å². The second-order valence-corrected chi connectivity index (χ2v) is 8.38. The Morgan fingerprint density at radius 3 is 1.96 bits per heavy atom. The first-order valence-electron chi connectivity index (χ1n) is 7.92. The highest BCUT2D eigenvalue weighted by Gasteiger charge is 2.47. The highest BCUT2D eigenvalue weighted by atomic mass is 35.5. The molecule has 7 heteroatoms. The summed E-state index contributed by atoms with van der Waals surface area (Å²) in [5, 5.41) is 12.9. The van der Waals surface area contributed by atoms with Crippen molar-refractivity contribution in [1.82, 2.24) is 5.32 Å². The molecule has 1 atom stereocenters. The number of alkyl carbamates (subject to hydrolysis) is 1. The summed E-state index contributed by atoms with van der Waals surface area (Å²) >= 11 is 0. The van der Waals surface area contributed by atoms with Gasteiger partial charge in [0.25, 0.3) is 0 Å². The lowest BCUT2D eigenvalue weighted by atomic mass is 9.77. The van der Waals surface area contributed by atoms with Gasteiger partial charge in [-0.1, -0.05) is 41.5 Å². The number of halogens is 3. The molecule has 142 valence electrons. The van der Waals surface area contributed by atoms with E-state index in [4.69, 9.17) is 0 Å². The second-order valence-electron chi connectivity index (χ2n) is 8.38. The lowest BCUT2D eigenvalue weighted by Gasteiger charge is -2.34. The zero-order chi connectivity index (χ0) is 18.5. The van der Waals surface area contributed by atoms with Crippen LogP contribution in [0.3, 0.4) is 0 Å². The van der Waals surface area contributed by atoms with Crippen molar-refractivity contribution in [2.45, 2.75) is 64.3 Å². The number of alkyl halides is 2. The van der Waals surface area contributed by atoms with E-state index in [-0.39, 0.29) is 23.7 Å². The molecular weight excluding hydrogens is 352 g/mol. The van der Waals surface area contributed by atoms with E-state index in [1.165, 1.54) is 0 Å². The maximum Gasteiger partial charge on any atom is 0.408 e. The van der Waals surface area contributed by atoms with Crippen molar-refractivity contribution in [3.8, 4) is 5.75 Å². The minimum Gasteiger partial charge on any atom is -0.507 e. The number of amides is 1. The molecule has 0 aliphatic carbocycles. The number of benzene rings is 1. The molecule has 4 nitrogen and oxygen atoms in total. The SMILES string of the molecule is CC(C)(C)c1cc([C@@H]2NC(=O)OCC2(F)F)cc(C(C)(C)C)c1O.Cl. The number of hydrogen-bond acceptors (Lipinski definition) is 3. The Morgan fingerprint density at radius 1 is 1.12 bits per heavy atom. The molecule has 0 radical (unpaired) electrons. The van der Waals surface area contributed by atoms with Crippen LogP contribution in [0.25, 0.3) is 0 Å². The number of carbonyl (C=O) groups is 1. The first kappa shape index (κ1) is 21.5. The van der Waals surface area contributed by atoms with E-state index in [0.29, 0.717) is 11.1 Å². The quantitative estimate of drug-likeness (QED) is 0.737. The number of carbonyl (C=O) groups excluding carboxylic acids is 1. The molecule has 1 aliphatic rings. The van der Waals surface area contributed by atoms with Gasteiger partial charge in [0.1, 0.15) is 11.8 Å². The van der Waals surface area contributed by atoms with Crippen LogP contribution in [-0.2, 0) is 15.6 Å². The van der Waals surface area contributed by atoms with Crippen LogP contribution >= 0.6 is 12.4 Å². The fourth-order valence-corrected chi connectivity index (χ4v) is 2.80. The molecular formula is C18H26ClF2NO3. The molecule has 1 amide bonds. The van der Waals surface area contributed by atoms with Gasteiger partial charge in [0.15, 0.2) is 6.61 Å². The lowest BCUT2D eigenvalue weighted by Crippen LogP contribution is -2.49. The number of aromatic hydroxyl groups is 1. The third-order valence-electron chi connectivity index (χ3n) is 4.16. The van der Waals surface area contributed by atoms with Crippen molar-refractivity contribution in [2.75, 3.05) is 6.61 Å². The van der Waals surface area contributed by atoms with Gasteiger partial charge >= 0.3 is 12.0 Å². The highest BCUT2D eigenvalue weighted by molar-refractivity contribution is 5.85. The molecule has 0 bridgehead atoms. The van der Waals surface area contributed by atoms with Gasteiger partial charge in [-0.2, -0.15) is 0 Å². The van der Waals surface area contributed by atoms with Gasteiger partial charge < -0.3 is 15.2 Å². The molecule has 2 rings (SSSR count). The highest BCUT2D eigenvalue weighted by Crippen LogP contribution is 2.43. The summed E-state index contributed by atoms with van der Waals surface area (Å²) in [6.45, 7) is 10.5. The fourth-order valence-electron chi connectivity index (χ4n) is 2.80. The van der Waals surface area contributed by atoms with Gasteiger partial charge in [-0.25, -0.2) is 13.6 Å². The molecule has 1 aliphatic heterocycles. The van der Waals surface area contributed by atoms with Crippen LogP contribution < -0.4 is 5.32 Å². The van der Waals surface area contributed by atoms with Gasteiger partial charge in [-0.05, 0) is 39.7 Å². The molecule has 0 saturated carbocycles.